The van der Waals surface area contributed by atoms with E-state index >= 15 is 0 Å². The Bertz CT molecular complexity index is 991. The molecule has 0 N–H and O–H groups in total. The van der Waals surface area contributed by atoms with Gasteiger partial charge in [-0.3, -0.25) is 0 Å². The zero-order valence-electron chi connectivity index (χ0n) is 12.8. The molecule has 0 unspecified atom stereocenters. The van der Waals surface area contributed by atoms with Gasteiger partial charge in [-0.25, -0.2) is 4.98 Å². The van der Waals surface area contributed by atoms with Crippen molar-refractivity contribution in [1.29, 1.82) is 0 Å². The SMILES string of the molecule is Cn1cnc2cc(-c3noc(COc4ccc(Cl)cc4)n3)ccc21. The van der Waals surface area contributed by atoms with Gasteiger partial charge in [0, 0.05) is 17.6 Å². The van der Waals surface area contributed by atoms with Crippen molar-refractivity contribution in [2.24, 2.45) is 7.05 Å². The molecule has 0 amide bonds. The minimum atomic E-state index is 0.195. The number of ether oxygens (including phenoxy) is 1. The summed E-state index contributed by atoms with van der Waals surface area (Å²) in [7, 11) is 1.95. The van der Waals surface area contributed by atoms with Gasteiger partial charge in [0.25, 0.3) is 5.89 Å². The fraction of sp³-hybridized carbons (Fsp3) is 0.118. The van der Waals surface area contributed by atoms with Crippen LogP contribution in [-0.4, -0.2) is 19.7 Å². The zero-order valence-corrected chi connectivity index (χ0v) is 13.6. The second kappa shape index (κ2) is 5.98. The zero-order chi connectivity index (χ0) is 16.5. The van der Waals surface area contributed by atoms with Crippen molar-refractivity contribution >= 4 is 22.6 Å². The molecule has 0 saturated carbocycles. The Morgan fingerprint density at radius 2 is 2.00 bits per heavy atom. The van der Waals surface area contributed by atoms with Crippen molar-refractivity contribution in [3.05, 3.63) is 59.7 Å². The summed E-state index contributed by atoms with van der Waals surface area (Å²) in [6.45, 7) is 0.195. The van der Waals surface area contributed by atoms with Crippen LogP contribution in [0.3, 0.4) is 0 Å². The average Bonchev–Trinajstić information content (AvgIpc) is 3.21. The Kier molecular flexibility index (Phi) is 3.66. The maximum Gasteiger partial charge on any atom is 0.264 e. The Balaban J connectivity index is 1.51. The quantitative estimate of drug-likeness (QED) is 0.564. The molecule has 24 heavy (non-hydrogen) atoms. The van der Waals surface area contributed by atoms with E-state index in [1.807, 2.05) is 29.8 Å². The van der Waals surface area contributed by atoms with Crippen molar-refractivity contribution in [3.8, 4) is 17.1 Å². The number of aryl methyl sites for hydroxylation is 1. The lowest BCUT2D eigenvalue weighted by Crippen LogP contribution is -1.95. The average molecular weight is 341 g/mol. The van der Waals surface area contributed by atoms with Crippen LogP contribution in [0.4, 0.5) is 0 Å². The number of rotatable bonds is 4. The highest BCUT2D eigenvalue weighted by Gasteiger charge is 2.11. The standard InChI is InChI=1S/C17H13ClN4O2/c1-22-10-19-14-8-11(2-7-15(14)22)17-20-16(24-21-17)9-23-13-5-3-12(18)4-6-13/h2-8,10H,9H2,1H3. The molecule has 0 aliphatic rings. The summed E-state index contributed by atoms with van der Waals surface area (Å²) in [6.07, 6.45) is 1.77. The molecule has 4 rings (SSSR count). The van der Waals surface area contributed by atoms with Crippen molar-refractivity contribution in [1.82, 2.24) is 19.7 Å². The van der Waals surface area contributed by atoms with E-state index in [0.29, 0.717) is 22.5 Å². The van der Waals surface area contributed by atoms with E-state index in [1.54, 1.807) is 30.6 Å². The van der Waals surface area contributed by atoms with E-state index in [-0.39, 0.29) is 6.61 Å². The number of aromatic nitrogens is 4. The normalized spacial score (nSPS) is 11.1. The summed E-state index contributed by atoms with van der Waals surface area (Å²) in [5.74, 6) is 1.60. The van der Waals surface area contributed by atoms with E-state index in [4.69, 9.17) is 20.9 Å². The third kappa shape index (κ3) is 2.83. The number of fused-ring (bicyclic) bond motifs is 1. The van der Waals surface area contributed by atoms with Gasteiger partial charge in [0.2, 0.25) is 5.82 Å². The third-order valence-corrected chi connectivity index (χ3v) is 3.88. The van der Waals surface area contributed by atoms with Gasteiger partial charge in [0.05, 0.1) is 17.4 Å². The Morgan fingerprint density at radius 1 is 1.17 bits per heavy atom. The molecule has 0 atom stereocenters. The largest absolute Gasteiger partial charge is 0.484 e. The monoisotopic (exact) mass is 340 g/mol. The molecule has 7 heteroatoms. The fourth-order valence-corrected chi connectivity index (χ4v) is 2.51. The summed E-state index contributed by atoms with van der Waals surface area (Å²) in [6, 6.07) is 13.0. The van der Waals surface area contributed by atoms with Crippen LogP contribution in [-0.2, 0) is 13.7 Å². The Morgan fingerprint density at radius 3 is 2.83 bits per heavy atom. The minimum Gasteiger partial charge on any atom is -0.484 e. The molecule has 0 saturated heterocycles. The summed E-state index contributed by atoms with van der Waals surface area (Å²) < 4.78 is 12.8. The van der Waals surface area contributed by atoms with Gasteiger partial charge in [-0.1, -0.05) is 16.8 Å². The maximum atomic E-state index is 5.84. The van der Waals surface area contributed by atoms with Crippen LogP contribution < -0.4 is 4.74 Å². The van der Waals surface area contributed by atoms with Crippen LogP contribution in [0.1, 0.15) is 5.89 Å². The fourth-order valence-electron chi connectivity index (χ4n) is 2.38. The van der Waals surface area contributed by atoms with E-state index in [9.17, 15) is 0 Å². The van der Waals surface area contributed by atoms with Gasteiger partial charge in [-0.15, -0.1) is 0 Å². The summed E-state index contributed by atoms with van der Waals surface area (Å²) in [5.41, 5.74) is 2.79. The molecular formula is C17H13ClN4O2. The van der Waals surface area contributed by atoms with Crippen LogP contribution in [0.25, 0.3) is 22.4 Å². The van der Waals surface area contributed by atoms with Gasteiger partial charge in [0.1, 0.15) is 5.75 Å². The third-order valence-electron chi connectivity index (χ3n) is 3.63. The number of halogens is 1. The van der Waals surface area contributed by atoms with Gasteiger partial charge in [-0.05, 0) is 42.5 Å². The first-order valence-corrected chi connectivity index (χ1v) is 7.69. The summed E-state index contributed by atoms with van der Waals surface area (Å²) in [4.78, 5) is 8.70. The van der Waals surface area contributed by atoms with E-state index in [0.717, 1.165) is 16.6 Å². The lowest BCUT2D eigenvalue weighted by molar-refractivity contribution is 0.243. The first-order valence-electron chi connectivity index (χ1n) is 7.31. The molecule has 0 spiro atoms. The lowest BCUT2D eigenvalue weighted by atomic mass is 10.2. The highest BCUT2D eigenvalue weighted by atomic mass is 35.5. The second-order valence-corrected chi connectivity index (χ2v) is 5.75. The molecule has 0 aliphatic heterocycles. The van der Waals surface area contributed by atoms with Crippen LogP contribution in [0.2, 0.25) is 5.02 Å². The van der Waals surface area contributed by atoms with Gasteiger partial charge >= 0.3 is 0 Å². The van der Waals surface area contributed by atoms with Gasteiger partial charge in [-0.2, -0.15) is 4.98 Å². The molecule has 0 bridgehead atoms. The Labute approximate surface area is 142 Å². The molecule has 0 radical (unpaired) electrons. The number of hydrogen-bond donors (Lipinski definition) is 0. The van der Waals surface area contributed by atoms with Crippen molar-refractivity contribution in [2.75, 3.05) is 0 Å². The smallest absolute Gasteiger partial charge is 0.264 e. The molecule has 120 valence electrons. The first-order chi connectivity index (χ1) is 11.7. The summed E-state index contributed by atoms with van der Waals surface area (Å²) >= 11 is 5.84. The van der Waals surface area contributed by atoms with E-state index in [2.05, 4.69) is 15.1 Å². The lowest BCUT2D eigenvalue weighted by Gasteiger charge is -2.02. The number of benzene rings is 2. The summed E-state index contributed by atoms with van der Waals surface area (Å²) in [5, 5.41) is 4.66. The van der Waals surface area contributed by atoms with Crippen LogP contribution >= 0.6 is 11.6 Å². The Hall–Kier alpha value is -2.86. The van der Waals surface area contributed by atoms with Crippen molar-refractivity contribution in [2.45, 2.75) is 6.61 Å². The molecule has 4 aromatic rings. The van der Waals surface area contributed by atoms with Crippen LogP contribution in [0.15, 0.2) is 53.3 Å². The maximum absolute atomic E-state index is 5.84. The number of imidazole rings is 1. The topological polar surface area (TPSA) is 66.0 Å². The number of nitrogens with zero attached hydrogens (tertiary/aromatic N) is 4. The molecular weight excluding hydrogens is 328 g/mol. The van der Waals surface area contributed by atoms with Crippen molar-refractivity contribution in [3.63, 3.8) is 0 Å². The van der Waals surface area contributed by atoms with Crippen molar-refractivity contribution < 1.29 is 9.26 Å². The van der Waals surface area contributed by atoms with E-state index < -0.39 is 0 Å². The first kappa shape index (κ1) is 14.7. The highest BCUT2D eigenvalue weighted by Crippen LogP contribution is 2.22. The predicted octanol–water partition coefficient (Wildman–Crippen LogP) is 3.86. The molecule has 2 aromatic heterocycles. The molecule has 0 fully saturated rings. The molecule has 2 heterocycles. The second-order valence-electron chi connectivity index (χ2n) is 5.31. The van der Waals surface area contributed by atoms with Gasteiger partial charge in [0.15, 0.2) is 6.61 Å². The molecule has 2 aromatic carbocycles. The highest BCUT2D eigenvalue weighted by molar-refractivity contribution is 6.30. The van der Waals surface area contributed by atoms with Crippen LogP contribution in [0, 0.1) is 0 Å². The predicted molar refractivity (Wildman–Crippen MR) is 89.8 cm³/mol. The molecule has 6 nitrogen and oxygen atoms in total. The van der Waals surface area contributed by atoms with Crippen LogP contribution in [0.5, 0.6) is 5.75 Å². The van der Waals surface area contributed by atoms with E-state index in [1.165, 1.54) is 0 Å². The molecule has 0 aliphatic carbocycles. The van der Waals surface area contributed by atoms with Gasteiger partial charge < -0.3 is 13.8 Å². The number of hydrogen-bond acceptors (Lipinski definition) is 5. The minimum absolute atomic E-state index is 0.195.